The number of piperazine rings is 1. The van der Waals surface area contributed by atoms with Crippen LogP contribution in [-0.2, 0) is 4.74 Å². The zero-order valence-electron chi connectivity index (χ0n) is 12.6. The van der Waals surface area contributed by atoms with Crippen molar-refractivity contribution in [3.63, 3.8) is 0 Å². The van der Waals surface area contributed by atoms with E-state index in [4.69, 9.17) is 4.74 Å². The standard InChI is InChI=1S/C15H32N2O/c1-4-8-14-13-17(10-6-7-11-18-3)15(9-5-2)12-16-14/h14-16H,4-13H2,1-3H3. The lowest BCUT2D eigenvalue weighted by Gasteiger charge is -2.40. The van der Waals surface area contributed by atoms with Gasteiger partial charge in [0.25, 0.3) is 0 Å². The largest absolute Gasteiger partial charge is 0.385 e. The van der Waals surface area contributed by atoms with Gasteiger partial charge in [0, 0.05) is 38.9 Å². The maximum absolute atomic E-state index is 5.13. The molecule has 108 valence electrons. The van der Waals surface area contributed by atoms with Crippen LogP contribution in [0.3, 0.4) is 0 Å². The molecule has 0 aromatic heterocycles. The fourth-order valence-electron chi connectivity index (χ4n) is 2.92. The number of methoxy groups -OCH3 is 1. The zero-order chi connectivity index (χ0) is 13.2. The van der Waals surface area contributed by atoms with Gasteiger partial charge in [-0.15, -0.1) is 0 Å². The molecule has 3 heteroatoms. The van der Waals surface area contributed by atoms with Crippen molar-refractivity contribution in [2.45, 2.75) is 64.5 Å². The first-order chi connectivity index (χ1) is 8.81. The van der Waals surface area contributed by atoms with Gasteiger partial charge < -0.3 is 10.1 Å². The average Bonchev–Trinajstić information content (AvgIpc) is 2.38. The van der Waals surface area contributed by atoms with Gasteiger partial charge in [-0.05, 0) is 32.2 Å². The van der Waals surface area contributed by atoms with Crippen LogP contribution in [0.5, 0.6) is 0 Å². The summed E-state index contributed by atoms with van der Waals surface area (Å²) in [5, 5.41) is 3.72. The second-order valence-corrected chi connectivity index (χ2v) is 5.53. The molecule has 0 radical (unpaired) electrons. The molecule has 3 nitrogen and oxygen atoms in total. The molecule has 2 atom stereocenters. The van der Waals surface area contributed by atoms with E-state index in [2.05, 4.69) is 24.1 Å². The smallest absolute Gasteiger partial charge is 0.0462 e. The van der Waals surface area contributed by atoms with Gasteiger partial charge in [0.05, 0.1) is 0 Å². The van der Waals surface area contributed by atoms with Crippen molar-refractivity contribution in [2.24, 2.45) is 0 Å². The molecule has 1 saturated heterocycles. The lowest BCUT2D eigenvalue weighted by atomic mass is 10.0. The van der Waals surface area contributed by atoms with Crippen LogP contribution in [0.15, 0.2) is 0 Å². The second-order valence-electron chi connectivity index (χ2n) is 5.53. The quantitative estimate of drug-likeness (QED) is 0.642. The number of hydrogen-bond acceptors (Lipinski definition) is 3. The van der Waals surface area contributed by atoms with Crippen molar-refractivity contribution in [1.82, 2.24) is 10.2 Å². The van der Waals surface area contributed by atoms with E-state index in [9.17, 15) is 0 Å². The van der Waals surface area contributed by atoms with Gasteiger partial charge in [-0.1, -0.05) is 26.7 Å². The fraction of sp³-hybridized carbons (Fsp3) is 1.00. The van der Waals surface area contributed by atoms with Crippen molar-refractivity contribution in [2.75, 3.05) is 33.4 Å². The monoisotopic (exact) mass is 256 g/mol. The highest BCUT2D eigenvalue weighted by molar-refractivity contribution is 4.85. The maximum atomic E-state index is 5.13. The van der Waals surface area contributed by atoms with Crippen molar-refractivity contribution in [3.8, 4) is 0 Å². The van der Waals surface area contributed by atoms with Gasteiger partial charge in [0.2, 0.25) is 0 Å². The third-order valence-corrected chi connectivity index (χ3v) is 3.92. The Morgan fingerprint density at radius 2 is 1.94 bits per heavy atom. The Kier molecular flexibility index (Phi) is 8.64. The lowest BCUT2D eigenvalue weighted by Crippen LogP contribution is -2.56. The molecule has 0 amide bonds. The Labute approximate surface area is 113 Å². The van der Waals surface area contributed by atoms with E-state index < -0.39 is 0 Å². The molecule has 1 fully saturated rings. The van der Waals surface area contributed by atoms with Crippen LogP contribution >= 0.6 is 0 Å². The Balaban J connectivity index is 2.34. The van der Waals surface area contributed by atoms with E-state index in [0.717, 1.165) is 12.6 Å². The zero-order valence-corrected chi connectivity index (χ0v) is 12.6. The third kappa shape index (κ3) is 5.68. The molecule has 0 bridgehead atoms. The van der Waals surface area contributed by atoms with Gasteiger partial charge >= 0.3 is 0 Å². The first-order valence-electron chi connectivity index (χ1n) is 7.78. The van der Waals surface area contributed by atoms with Crippen LogP contribution in [0.4, 0.5) is 0 Å². The average molecular weight is 256 g/mol. The predicted octanol–water partition coefficient (Wildman–Crippen LogP) is 2.66. The molecule has 2 unspecified atom stereocenters. The summed E-state index contributed by atoms with van der Waals surface area (Å²) < 4.78 is 5.13. The minimum atomic E-state index is 0.713. The number of ether oxygens (including phenoxy) is 1. The van der Waals surface area contributed by atoms with E-state index in [1.54, 1.807) is 7.11 Å². The predicted molar refractivity (Wildman–Crippen MR) is 78.1 cm³/mol. The van der Waals surface area contributed by atoms with Crippen molar-refractivity contribution in [1.29, 1.82) is 0 Å². The van der Waals surface area contributed by atoms with Crippen LogP contribution < -0.4 is 5.32 Å². The normalized spacial score (nSPS) is 25.5. The van der Waals surface area contributed by atoms with Gasteiger partial charge in [-0.2, -0.15) is 0 Å². The summed E-state index contributed by atoms with van der Waals surface area (Å²) in [6.07, 6.45) is 7.68. The summed E-state index contributed by atoms with van der Waals surface area (Å²) in [4.78, 5) is 2.72. The first-order valence-corrected chi connectivity index (χ1v) is 7.78. The van der Waals surface area contributed by atoms with E-state index >= 15 is 0 Å². The maximum Gasteiger partial charge on any atom is 0.0462 e. The Bertz CT molecular complexity index is 199. The van der Waals surface area contributed by atoms with E-state index in [1.165, 1.54) is 58.2 Å². The van der Waals surface area contributed by atoms with Gasteiger partial charge in [0.1, 0.15) is 0 Å². The molecule has 0 aliphatic carbocycles. The highest BCUT2D eigenvalue weighted by atomic mass is 16.5. The topological polar surface area (TPSA) is 24.5 Å². The van der Waals surface area contributed by atoms with Crippen LogP contribution in [0.2, 0.25) is 0 Å². The molecule has 0 aromatic carbocycles. The number of unbranched alkanes of at least 4 members (excludes halogenated alkanes) is 1. The lowest BCUT2D eigenvalue weighted by molar-refractivity contribution is 0.112. The molecule has 1 N–H and O–H groups in total. The Morgan fingerprint density at radius 3 is 2.61 bits per heavy atom. The fourth-order valence-corrected chi connectivity index (χ4v) is 2.92. The van der Waals surface area contributed by atoms with E-state index in [0.29, 0.717) is 6.04 Å². The molecule has 0 aromatic rings. The minimum Gasteiger partial charge on any atom is -0.385 e. The van der Waals surface area contributed by atoms with Crippen molar-refractivity contribution in [3.05, 3.63) is 0 Å². The molecular weight excluding hydrogens is 224 g/mol. The summed E-state index contributed by atoms with van der Waals surface area (Å²) in [6, 6.07) is 1.47. The van der Waals surface area contributed by atoms with Crippen molar-refractivity contribution < 1.29 is 4.74 Å². The molecular formula is C15H32N2O. The first kappa shape index (κ1) is 15.9. The highest BCUT2D eigenvalue weighted by Crippen LogP contribution is 2.15. The van der Waals surface area contributed by atoms with Crippen LogP contribution in [0.1, 0.15) is 52.4 Å². The third-order valence-electron chi connectivity index (χ3n) is 3.92. The molecule has 1 aliphatic rings. The van der Waals surface area contributed by atoms with Gasteiger partial charge in [0.15, 0.2) is 0 Å². The molecule has 1 heterocycles. The highest BCUT2D eigenvalue weighted by Gasteiger charge is 2.25. The van der Waals surface area contributed by atoms with E-state index in [-0.39, 0.29) is 0 Å². The minimum absolute atomic E-state index is 0.713. The summed E-state index contributed by atoms with van der Waals surface area (Å²) in [5.74, 6) is 0. The number of hydrogen-bond donors (Lipinski definition) is 1. The number of rotatable bonds is 9. The van der Waals surface area contributed by atoms with Crippen LogP contribution in [0, 0.1) is 0 Å². The summed E-state index contributed by atoms with van der Waals surface area (Å²) in [5.41, 5.74) is 0. The summed E-state index contributed by atoms with van der Waals surface area (Å²) in [7, 11) is 1.79. The van der Waals surface area contributed by atoms with Crippen molar-refractivity contribution >= 4 is 0 Å². The number of nitrogens with one attached hydrogen (secondary N) is 1. The van der Waals surface area contributed by atoms with Gasteiger partial charge in [-0.25, -0.2) is 0 Å². The second kappa shape index (κ2) is 9.76. The SMILES string of the molecule is CCCC1CN(CCCCOC)C(CCC)CN1. The summed E-state index contributed by atoms with van der Waals surface area (Å²) in [6.45, 7) is 9.15. The van der Waals surface area contributed by atoms with E-state index in [1.807, 2.05) is 0 Å². The Hall–Kier alpha value is -0.120. The molecule has 18 heavy (non-hydrogen) atoms. The molecule has 1 aliphatic heterocycles. The molecule has 0 spiro atoms. The molecule has 1 rings (SSSR count). The summed E-state index contributed by atoms with van der Waals surface area (Å²) >= 11 is 0. The van der Waals surface area contributed by atoms with Crippen LogP contribution in [-0.4, -0.2) is 50.3 Å². The number of nitrogens with zero attached hydrogens (tertiary/aromatic N) is 1. The van der Waals surface area contributed by atoms with Gasteiger partial charge in [-0.3, -0.25) is 4.90 Å². The van der Waals surface area contributed by atoms with Crippen LogP contribution in [0.25, 0.3) is 0 Å². The molecule has 0 saturated carbocycles. The Morgan fingerprint density at radius 1 is 1.17 bits per heavy atom.